The first-order valence-corrected chi connectivity index (χ1v) is 10.2. The van der Waals surface area contributed by atoms with Crippen molar-refractivity contribution in [2.75, 3.05) is 45.9 Å². The number of benzene rings is 1. The van der Waals surface area contributed by atoms with Gasteiger partial charge in [-0.15, -0.1) is 0 Å². The highest BCUT2D eigenvalue weighted by atomic mass is 16.5. The Hall–Kier alpha value is -2.38. The van der Waals surface area contributed by atoms with Gasteiger partial charge < -0.3 is 15.8 Å². The minimum Gasteiger partial charge on any atom is -0.379 e. The molecule has 1 aliphatic rings. The molecule has 7 heteroatoms. The van der Waals surface area contributed by atoms with E-state index in [4.69, 9.17) is 10.5 Å². The Labute approximate surface area is 167 Å². The van der Waals surface area contributed by atoms with Crippen molar-refractivity contribution in [1.82, 2.24) is 20.0 Å². The molecule has 0 atom stereocenters. The molecule has 1 aromatic heterocycles. The van der Waals surface area contributed by atoms with E-state index in [-0.39, 0.29) is 0 Å². The minimum atomic E-state index is 0.540. The van der Waals surface area contributed by atoms with Crippen LogP contribution in [0.4, 0.5) is 0 Å². The van der Waals surface area contributed by atoms with E-state index in [9.17, 15) is 0 Å². The molecular weight excluding hydrogens is 352 g/mol. The van der Waals surface area contributed by atoms with E-state index in [2.05, 4.69) is 45.6 Å². The maximum atomic E-state index is 5.97. The number of hydrogen-bond acceptors (Lipinski definition) is 4. The summed E-state index contributed by atoms with van der Waals surface area (Å²) in [5.74, 6) is 0.540. The lowest BCUT2D eigenvalue weighted by atomic mass is 10.1. The van der Waals surface area contributed by atoms with Gasteiger partial charge in [0.2, 0.25) is 0 Å². The number of nitrogens with zero attached hydrogens (tertiary/aromatic N) is 4. The molecule has 3 N–H and O–H groups in total. The van der Waals surface area contributed by atoms with Crippen LogP contribution >= 0.6 is 0 Å². The average molecular weight is 385 g/mol. The van der Waals surface area contributed by atoms with Crippen molar-refractivity contribution in [3.8, 4) is 5.69 Å². The Kier molecular flexibility index (Phi) is 7.87. The third kappa shape index (κ3) is 6.35. The number of nitrogens with two attached hydrogens (primary N) is 1. The fourth-order valence-electron chi connectivity index (χ4n) is 3.32. The SMILES string of the molecule is Cc1nn(-c2ccccc2)cc1CCCN=C(N)NCCCN1CCOCC1. The number of aliphatic imine (C=N–C) groups is 1. The van der Waals surface area contributed by atoms with Gasteiger partial charge in [0.05, 0.1) is 24.6 Å². The lowest BCUT2D eigenvalue weighted by Gasteiger charge is -2.26. The average Bonchev–Trinajstić information content (AvgIpc) is 3.11. The van der Waals surface area contributed by atoms with Gasteiger partial charge >= 0.3 is 0 Å². The van der Waals surface area contributed by atoms with Gasteiger partial charge in [0.15, 0.2) is 5.96 Å². The van der Waals surface area contributed by atoms with Gasteiger partial charge in [0.1, 0.15) is 0 Å². The van der Waals surface area contributed by atoms with E-state index in [1.165, 1.54) is 5.56 Å². The molecular formula is C21H32N6O. The molecule has 0 bridgehead atoms. The molecule has 2 heterocycles. The van der Waals surface area contributed by atoms with Gasteiger partial charge in [-0.05, 0) is 50.4 Å². The van der Waals surface area contributed by atoms with Crippen LogP contribution < -0.4 is 11.1 Å². The molecule has 0 unspecified atom stereocenters. The smallest absolute Gasteiger partial charge is 0.188 e. The maximum Gasteiger partial charge on any atom is 0.188 e. The lowest BCUT2D eigenvalue weighted by Crippen LogP contribution is -2.39. The third-order valence-corrected chi connectivity index (χ3v) is 4.97. The topological polar surface area (TPSA) is 80.7 Å². The monoisotopic (exact) mass is 384 g/mol. The first-order valence-electron chi connectivity index (χ1n) is 10.2. The quantitative estimate of drug-likeness (QED) is 0.391. The molecule has 1 aliphatic heterocycles. The van der Waals surface area contributed by atoms with Crippen molar-refractivity contribution >= 4 is 5.96 Å². The van der Waals surface area contributed by atoms with Gasteiger partial charge in [0.25, 0.3) is 0 Å². The molecule has 0 radical (unpaired) electrons. The first kappa shape index (κ1) is 20.4. The minimum absolute atomic E-state index is 0.540. The number of nitrogens with one attached hydrogen (secondary N) is 1. The number of rotatable bonds is 9. The van der Waals surface area contributed by atoms with E-state index in [0.717, 1.165) is 76.6 Å². The van der Waals surface area contributed by atoms with Crippen molar-refractivity contribution < 1.29 is 4.74 Å². The number of para-hydroxylation sites is 1. The predicted molar refractivity (Wildman–Crippen MR) is 113 cm³/mol. The highest BCUT2D eigenvalue weighted by Gasteiger charge is 2.09. The number of hydrogen-bond donors (Lipinski definition) is 2. The number of guanidine groups is 1. The number of aryl methyl sites for hydroxylation is 2. The van der Waals surface area contributed by atoms with Crippen molar-refractivity contribution in [1.29, 1.82) is 0 Å². The number of morpholine rings is 1. The summed E-state index contributed by atoms with van der Waals surface area (Å²) in [4.78, 5) is 6.87. The van der Waals surface area contributed by atoms with Gasteiger partial charge in [-0.1, -0.05) is 18.2 Å². The Balaban J connectivity index is 1.33. The molecule has 0 aliphatic carbocycles. The lowest BCUT2D eigenvalue weighted by molar-refractivity contribution is 0.0376. The Morgan fingerprint density at radius 2 is 2.00 bits per heavy atom. The summed E-state index contributed by atoms with van der Waals surface area (Å²) in [6, 6.07) is 10.2. The maximum absolute atomic E-state index is 5.97. The Morgan fingerprint density at radius 1 is 1.21 bits per heavy atom. The van der Waals surface area contributed by atoms with E-state index in [0.29, 0.717) is 5.96 Å². The standard InChI is InChI=1S/C21H32N6O/c1-18-19(17-27(25-18)20-8-3-2-4-9-20)7-5-10-23-21(22)24-11-6-12-26-13-15-28-16-14-26/h2-4,8-9,17H,5-7,10-16H2,1H3,(H3,22,23,24). The summed E-state index contributed by atoms with van der Waals surface area (Å²) in [5.41, 5.74) is 9.39. The summed E-state index contributed by atoms with van der Waals surface area (Å²) in [6.07, 6.45) is 5.08. The van der Waals surface area contributed by atoms with Crippen LogP contribution in [0.25, 0.3) is 5.69 Å². The fraction of sp³-hybridized carbons (Fsp3) is 0.524. The van der Waals surface area contributed by atoms with Crippen LogP contribution in [0.2, 0.25) is 0 Å². The molecule has 3 rings (SSSR count). The van der Waals surface area contributed by atoms with Gasteiger partial charge in [-0.3, -0.25) is 9.89 Å². The van der Waals surface area contributed by atoms with Crippen LogP contribution in [0.3, 0.4) is 0 Å². The highest BCUT2D eigenvalue weighted by Crippen LogP contribution is 2.13. The number of aromatic nitrogens is 2. The molecule has 0 saturated carbocycles. The van der Waals surface area contributed by atoms with E-state index in [1.54, 1.807) is 0 Å². The van der Waals surface area contributed by atoms with Crippen LogP contribution in [-0.4, -0.2) is 66.6 Å². The zero-order valence-corrected chi connectivity index (χ0v) is 16.8. The second-order valence-electron chi connectivity index (χ2n) is 7.12. The molecule has 152 valence electrons. The zero-order chi connectivity index (χ0) is 19.6. The van der Waals surface area contributed by atoms with Crippen LogP contribution in [0.5, 0.6) is 0 Å². The molecule has 1 fully saturated rings. The summed E-state index contributed by atoms with van der Waals surface area (Å²) < 4.78 is 7.30. The van der Waals surface area contributed by atoms with Crippen LogP contribution in [-0.2, 0) is 11.2 Å². The van der Waals surface area contributed by atoms with Crippen molar-refractivity contribution in [3.05, 3.63) is 47.8 Å². The largest absolute Gasteiger partial charge is 0.379 e. The third-order valence-electron chi connectivity index (χ3n) is 4.97. The van der Waals surface area contributed by atoms with Crippen LogP contribution in [0.15, 0.2) is 41.5 Å². The Morgan fingerprint density at radius 3 is 2.79 bits per heavy atom. The van der Waals surface area contributed by atoms with E-state index < -0.39 is 0 Å². The highest BCUT2D eigenvalue weighted by molar-refractivity contribution is 5.77. The first-order chi connectivity index (χ1) is 13.7. The van der Waals surface area contributed by atoms with Crippen molar-refractivity contribution in [2.45, 2.75) is 26.2 Å². The van der Waals surface area contributed by atoms with Gasteiger partial charge in [0, 0.05) is 32.4 Å². The van der Waals surface area contributed by atoms with E-state index >= 15 is 0 Å². The molecule has 1 aromatic carbocycles. The van der Waals surface area contributed by atoms with Gasteiger partial charge in [-0.25, -0.2) is 4.68 Å². The van der Waals surface area contributed by atoms with E-state index in [1.807, 2.05) is 22.9 Å². The predicted octanol–water partition coefficient (Wildman–Crippen LogP) is 1.74. The van der Waals surface area contributed by atoms with Crippen molar-refractivity contribution in [2.24, 2.45) is 10.7 Å². The van der Waals surface area contributed by atoms with Gasteiger partial charge in [-0.2, -0.15) is 5.10 Å². The fourth-order valence-corrected chi connectivity index (χ4v) is 3.32. The zero-order valence-electron chi connectivity index (χ0n) is 16.8. The number of ether oxygens (including phenoxy) is 1. The molecule has 0 spiro atoms. The Bertz CT molecular complexity index is 737. The van der Waals surface area contributed by atoms with Crippen LogP contribution in [0, 0.1) is 6.92 Å². The normalized spacial score (nSPS) is 15.7. The molecule has 2 aromatic rings. The summed E-state index contributed by atoms with van der Waals surface area (Å²) in [6.45, 7) is 8.47. The molecule has 7 nitrogen and oxygen atoms in total. The second-order valence-corrected chi connectivity index (χ2v) is 7.12. The summed E-state index contributed by atoms with van der Waals surface area (Å²) >= 11 is 0. The van der Waals surface area contributed by atoms with Crippen LogP contribution in [0.1, 0.15) is 24.1 Å². The summed E-state index contributed by atoms with van der Waals surface area (Å²) in [5, 5.41) is 7.83. The molecule has 1 saturated heterocycles. The summed E-state index contributed by atoms with van der Waals surface area (Å²) in [7, 11) is 0. The van der Waals surface area contributed by atoms with Crippen molar-refractivity contribution in [3.63, 3.8) is 0 Å². The molecule has 0 amide bonds. The second kappa shape index (κ2) is 10.8. The molecule has 28 heavy (non-hydrogen) atoms.